The first-order valence-electron chi connectivity index (χ1n) is 10.7. The minimum absolute atomic E-state index is 0.0855. The third kappa shape index (κ3) is 3.91. The van der Waals surface area contributed by atoms with E-state index in [2.05, 4.69) is 44.5 Å². The molecule has 1 aliphatic rings. The van der Waals surface area contributed by atoms with Crippen molar-refractivity contribution in [2.24, 2.45) is 0 Å². The van der Waals surface area contributed by atoms with Crippen LogP contribution in [0.1, 0.15) is 38.4 Å². The molecule has 1 amide bonds. The molecule has 5 rings (SSSR count). The highest BCUT2D eigenvalue weighted by Gasteiger charge is 2.19. The molecule has 4 heterocycles. The van der Waals surface area contributed by atoms with Gasteiger partial charge in [0.05, 0.1) is 5.56 Å². The highest BCUT2D eigenvalue weighted by molar-refractivity contribution is 7.12. The van der Waals surface area contributed by atoms with E-state index >= 15 is 0 Å². The topological polar surface area (TPSA) is 63.1 Å². The minimum atomic E-state index is -0.0855. The fraction of sp³-hybridized carbons (Fsp3) is 0.240. The first-order valence-corrected chi connectivity index (χ1v) is 11.6. The lowest BCUT2D eigenvalue weighted by atomic mass is 10.00. The number of pyridine rings is 1. The summed E-state index contributed by atoms with van der Waals surface area (Å²) in [5, 5.41) is 5.84. The van der Waals surface area contributed by atoms with Gasteiger partial charge in [0.15, 0.2) is 5.13 Å². The first kappa shape index (κ1) is 20.5. The van der Waals surface area contributed by atoms with Gasteiger partial charge < -0.3 is 10.2 Å². The van der Waals surface area contributed by atoms with Crippen LogP contribution < -0.4 is 10.2 Å². The number of hydrogen-bond acceptors (Lipinski definition) is 5. The van der Waals surface area contributed by atoms with Gasteiger partial charge in [-0.3, -0.25) is 9.36 Å². The molecule has 6 nitrogen and oxygen atoms in total. The summed E-state index contributed by atoms with van der Waals surface area (Å²) in [4.78, 5) is 24.2. The maximum absolute atomic E-state index is 12.8. The standard InChI is InChI=1S/C25H25N5OS/c1-17-13-22(18(2)30(17)25-26-10-12-32-25)24(31)28-15-19-7-8-23(27-14-19)29-11-9-20-5-3-4-6-21(20)16-29/h3-8,10,12-14H,9,11,15-16H2,1-2H3,(H,28,31). The maximum atomic E-state index is 12.8. The molecule has 0 aliphatic carbocycles. The third-order valence-electron chi connectivity index (χ3n) is 6.00. The van der Waals surface area contributed by atoms with Crippen molar-refractivity contribution in [1.29, 1.82) is 0 Å². The van der Waals surface area contributed by atoms with Gasteiger partial charge in [0.25, 0.3) is 5.91 Å². The maximum Gasteiger partial charge on any atom is 0.253 e. The van der Waals surface area contributed by atoms with E-state index in [9.17, 15) is 4.79 Å². The quantitative estimate of drug-likeness (QED) is 0.495. The lowest BCUT2D eigenvalue weighted by Crippen LogP contribution is -2.31. The molecule has 1 aromatic carbocycles. The molecular formula is C25H25N5OS. The Bertz CT molecular complexity index is 1240. The number of rotatable bonds is 5. The van der Waals surface area contributed by atoms with Gasteiger partial charge >= 0.3 is 0 Å². The first-order chi connectivity index (χ1) is 15.6. The van der Waals surface area contributed by atoms with Gasteiger partial charge in [0.1, 0.15) is 5.82 Å². The highest BCUT2D eigenvalue weighted by atomic mass is 32.1. The zero-order valence-electron chi connectivity index (χ0n) is 18.2. The second-order valence-corrected chi connectivity index (χ2v) is 8.96. The molecule has 0 bridgehead atoms. The largest absolute Gasteiger partial charge is 0.352 e. The van der Waals surface area contributed by atoms with Gasteiger partial charge in [0, 0.05) is 48.8 Å². The average Bonchev–Trinajstić information content (AvgIpc) is 3.45. The average molecular weight is 444 g/mol. The number of carbonyl (C=O) groups excluding carboxylic acids is 1. The van der Waals surface area contributed by atoms with Gasteiger partial charge in [-0.15, -0.1) is 11.3 Å². The van der Waals surface area contributed by atoms with Crippen LogP contribution in [0, 0.1) is 13.8 Å². The lowest BCUT2D eigenvalue weighted by molar-refractivity contribution is 0.0950. The summed E-state index contributed by atoms with van der Waals surface area (Å²) < 4.78 is 2.02. The Hall–Kier alpha value is -3.45. The smallest absolute Gasteiger partial charge is 0.253 e. The number of fused-ring (bicyclic) bond motifs is 1. The van der Waals surface area contributed by atoms with Crippen LogP contribution in [0.3, 0.4) is 0 Å². The van der Waals surface area contributed by atoms with Crippen LogP contribution in [0.15, 0.2) is 60.2 Å². The molecule has 32 heavy (non-hydrogen) atoms. The van der Waals surface area contributed by atoms with Crippen molar-refractivity contribution in [3.05, 3.63) is 93.9 Å². The number of aromatic nitrogens is 3. The highest BCUT2D eigenvalue weighted by Crippen LogP contribution is 2.24. The van der Waals surface area contributed by atoms with E-state index < -0.39 is 0 Å². The number of anilines is 1. The van der Waals surface area contributed by atoms with E-state index in [1.165, 1.54) is 11.1 Å². The van der Waals surface area contributed by atoms with Crippen molar-refractivity contribution in [2.75, 3.05) is 11.4 Å². The second kappa shape index (κ2) is 8.59. The van der Waals surface area contributed by atoms with Gasteiger partial charge in [-0.1, -0.05) is 30.3 Å². The van der Waals surface area contributed by atoms with Crippen molar-refractivity contribution in [2.45, 2.75) is 33.4 Å². The van der Waals surface area contributed by atoms with Crippen molar-refractivity contribution < 1.29 is 4.79 Å². The van der Waals surface area contributed by atoms with E-state index in [1.54, 1.807) is 17.5 Å². The van der Waals surface area contributed by atoms with Crippen LogP contribution in [0.4, 0.5) is 5.82 Å². The Morgan fingerprint density at radius 1 is 1.12 bits per heavy atom. The van der Waals surface area contributed by atoms with Crippen LogP contribution in [-0.2, 0) is 19.5 Å². The number of carbonyl (C=O) groups is 1. The van der Waals surface area contributed by atoms with Crippen molar-refractivity contribution >= 4 is 23.1 Å². The normalized spacial score (nSPS) is 13.1. The van der Waals surface area contributed by atoms with E-state index in [0.717, 1.165) is 47.4 Å². The number of benzene rings is 1. The Balaban J connectivity index is 1.24. The van der Waals surface area contributed by atoms with Gasteiger partial charge in [-0.2, -0.15) is 0 Å². The fourth-order valence-electron chi connectivity index (χ4n) is 4.29. The summed E-state index contributed by atoms with van der Waals surface area (Å²) in [6.07, 6.45) is 4.67. The van der Waals surface area contributed by atoms with Gasteiger partial charge in [-0.05, 0) is 49.1 Å². The summed E-state index contributed by atoms with van der Waals surface area (Å²) in [6, 6.07) is 14.6. The molecule has 1 aliphatic heterocycles. The Kier molecular flexibility index (Phi) is 5.49. The molecule has 0 atom stereocenters. The number of thiazole rings is 1. The summed E-state index contributed by atoms with van der Waals surface area (Å²) in [5.41, 5.74) is 6.34. The SMILES string of the molecule is Cc1cc(C(=O)NCc2ccc(N3CCc4ccccc4C3)nc2)c(C)n1-c1nccs1. The summed E-state index contributed by atoms with van der Waals surface area (Å²) >= 11 is 1.56. The van der Waals surface area contributed by atoms with E-state index in [0.29, 0.717) is 12.1 Å². The Morgan fingerprint density at radius 3 is 2.72 bits per heavy atom. The van der Waals surface area contributed by atoms with Crippen molar-refractivity contribution in [1.82, 2.24) is 19.9 Å². The van der Waals surface area contributed by atoms with Gasteiger partial charge in [0.2, 0.25) is 0 Å². The van der Waals surface area contributed by atoms with Crippen LogP contribution in [0.2, 0.25) is 0 Å². The monoisotopic (exact) mass is 443 g/mol. The minimum Gasteiger partial charge on any atom is -0.352 e. The fourth-order valence-corrected chi connectivity index (χ4v) is 5.04. The molecule has 0 radical (unpaired) electrons. The third-order valence-corrected chi connectivity index (χ3v) is 6.76. The molecule has 0 unspecified atom stereocenters. The van der Waals surface area contributed by atoms with E-state index in [4.69, 9.17) is 0 Å². The predicted molar refractivity (Wildman–Crippen MR) is 128 cm³/mol. The van der Waals surface area contributed by atoms with Crippen LogP contribution >= 0.6 is 11.3 Å². The van der Waals surface area contributed by atoms with E-state index in [1.807, 2.05) is 48.2 Å². The molecule has 0 fully saturated rings. The van der Waals surface area contributed by atoms with Crippen molar-refractivity contribution in [3.63, 3.8) is 0 Å². The second-order valence-electron chi connectivity index (χ2n) is 8.08. The molecule has 0 saturated heterocycles. The molecule has 4 aromatic rings. The molecule has 1 N–H and O–H groups in total. The number of aryl methyl sites for hydroxylation is 1. The molecule has 7 heteroatoms. The number of nitrogens with one attached hydrogen (secondary N) is 1. The molecule has 0 saturated carbocycles. The van der Waals surface area contributed by atoms with Crippen LogP contribution in [0.5, 0.6) is 0 Å². The van der Waals surface area contributed by atoms with Crippen molar-refractivity contribution in [3.8, 4) is 5.13 Å². The number of amides is 1. The number of hydrogen-bond donors (Lipinski definition) is 1. The van der Waals surface area contributed by atoms with Crippen LogP contribution in [-0.4, -0.2) is 27.0 Å². The predicted octanol–water partition coefficient (Wildman–Crippen LogP) is 4.44. The summed E-state index contributed by atoms with van der Waals surface area (Å²) in [6.45, 7) is 6.24. The zero-order chi connectivity index (χ0) is 22.1. The molecule has 3 aromatic heterocycles. The molecule has 0 spiro atoms. The number of nitrogens with zero attached hydrogens (tertiary/aromatic N) is 4. The Labute approximate surface area is 191 Å². The zero-order valence-corrected chi connectivity index (χ0v) is 19.0. The van der Waals surface area contributed by atoms with Gasteiger partial charge in [-0.25, -0.2) is 9.97 Å². The summed E-state index contributed by atoms with van der Waals surface area (Å²) in [7, 11) is 0. The summed E-state index contributed by atoms with van der Waals surface area (Å²) in [5.74, 6) is 0.888. The molecular weight excluding hydrogens is 418 g/mol. The lowest BCUT2D eigenvalue weighted by Gasteiger charge is -2.29. The van der Waals surface area contributed by atoms with Crippen LogP contribution in [0.25, 0.3) is 5.13 Å². The van der Waals surface area contributed by atoms with E-state index in [-0.39, 0.29) is 5.91 Å². The molecule has 162 valence electrons. The Morgan fingerprint density at radius 2 is 1.97 bits per heavy atom.